The van der Waals surface area contributed by atoms with E-state index in [9.17, 15) is 4.79 Å². The van der Waals surface area contributed by atoms with Gasteiger partial charge in [0.1, 0.15) is 0 Å². The van der Waals surface area contributed by atoms with Crippen LogP contribution in [0.2, 0.25) is 0 Å². The van der Waals surface area contributed by atoms with Gasteiger partial charge in [0.25, 0.3) is 0 Å². The highest BCUT2D eigenvalue weighted by Crippen LogP contribution is 2.07. The molecule has 2 heterocycles. The van der Waals surface area contributed by atoms with Crippen LogP contribution in [0.5, 0.6) is 0 Å². The van der Waals surface area contributed by atoms with Gasteiger partial charge in [-0.25, -0.2) is 0 Å². The second-order valence-electron chi connectivity index (χ2n) is 2.97. The van der Waals surface area contributed by atoms with E-state index in [4.69, 9.17) is 0 Å². The van der Waals surface area contributed by atoms with E-state index in [1.54, 1.807) is 18.3 Å². The molecule has 0 amide bonds. The molecular weight excluding hydrogens is 164 g/mol. The minimum absolute atomic E-state index is 0.00176. The number of H-pyrrole nitrogens is 2. The van der Waals surface area contributed by atoms with Crippen LogP contribution < -0.4 is 0 Å². The van der Waals surface area contributed by atoms with Gasteiger partial charge in [-0.05, 0) is 31.2 Å². The molecule has 0 aromatic carbocycles. The monoisotopic (exact) mass is 174 g/mol. The van der Waals surface area contributed by atoms with Gasteiger partial charge in [0, 0.05) is 11.9 Å². The summed E-state index contributed by atoms with van der Waals surface area (Å²) in [5.41, 5.74) is 2.23. The third kappa shape index (κ3) is 1.40. The Kier molecular flexibility index (Phi) is 1.77. The van der Waals surface area contributed by atoms with E-state index in [1.807, 2.05) is 19.1 Å². The lowest BCUT2D eigenvalue weighted by atomic mass is 10.2. The second-order valence-corrected chi connectivity index (χ2v) is 2.97. The van der Waals surface area contributed by atoms with Gasteiger partial charge in [0.2, 0.25) is 5.78 Å². The zero-order valence-electron chi connectivity index (χ0n) is 7.29. The van der Waals surface area contributed by atoms with Gasteiger partial charge in [0.05, 0.1) is 11.4 Å². The van der Waals surface area contributed by atoms with Crippen molar-refractivity contribution in [3.63, 3.8) is 0 Å². The predicted molar refractivity (Wildman–Crippen MR) is 49.8 cm³/mol. The van der Waals surface area contributed by atoms with Gasteiger partial charge in [-0.15, -0.1) is 0 Å². The number of aromatic amines is 2. The Labute approximate surface area is 75.8 Å². The number of carbonyl (C=O) groups is 1. The fraction of sp³-hybridized carbons (Fsp3) is 0.100. The molecule has 3 nitrogen and oxygen atoms in total. The maximum Gasteiger partial charge on any atom is 0.225 e. The molecule has 0 spiro atoms. The van der Waals surface area contributed by atoms with Crippen LogP contribution >= 0.6 is 0 Å². The number of hydrogen-bond acceptors (Lipinski definition) is 1. The summed E-state index contributed by atoms with van der Waals surface area (Å²) in [4.78, 5) is 17.5. The Hall–Kier alpha value is -1.77. The number of hydrogen-bond donors (Lipinski definition) is 2. The largest absolute Gasteiger partial charge is 0.358 e. The number of carbonyl (C=O) groups excluding carboxylic acids is 1. The van der Waals surface area contributed by atoms with E-state index in [0.717, 1.165) is 5.69 Å². The number of nitrogens with one attached hydrogen (secondary N) is 2. The summed E-state index contributed by atoms with van der Waals surface area (Å²) in [6, 6.07) is 7.25. The Bertz CT molecular complexity index is 412. The molecule has 13 heavy (non-hydrogen) atoms. The molecule has 0 aliphatic heterocycles. The average molecular weight is 174 g/mol. The number of aromatic nitrogens is 2. The standard InChI is InChI=1S/C10H10N2O/c1-7-4-5-9(12-7)10(13)8-3-2-6-11-8/h2-6,11-12H,1H3. The van der Waals surface area contributed by atoms with Crippen LogP contribution in [-0.4, -0.2) is 15.8 Å². The minimum atomic E-state index is -0.00176. The number of ketones is 1. The molecule has 0 saturated carbocycles. The Morgan fingerprint density at radius 1 is 1.23 bits per heavy atom. The molecule has 0 unspecified atom stereocenters. The van der Waals surface area contributed by atoms with Crippen molar-refractivity contribution >= 4 is 5.78 Å². The van der Waals surface area contributed by atoms with Crippen LogP contribution in [0.15, 0.2) is 30.5 Å². The van der Waals surface area contributed by atoms with Crippen LogP contribution in [0.3, 0.4) is 0 Å². The van der Waals surface area contributed by atoms with Crippen molar-refractivity contribution < 1.29 is 4.79 Å². The fourth-order valence-electron chi connectivity index (χ4n) is 1.25. The van der Waals surface area contributed by atoms with Crippen molar-refractivity contribution in [2.45, 2.75) is 6.92 Å². The van der Waals surface area contributed by atoms with E-state index < -0.39 is 0 Å². The van der Waals surface area contributed by atoms with Crippen molar-refractivity contribution in [1.82, 2.24) is 9.97 Å². The van der Waals surface area contributed by atoms with Crippen molar-refractivity contribution in [2.24, 2.45) is 0 Å². The highest BCUT2D eigenvalue weighted by Gasteiger charge is 2.10. The highest BCUT2D eigenvalue weighted by molar-refractivity contribution is 6.06. The van der Waals surface area contributed by atoms with Crippen molar-refractivity contribution in [2.75, 3.05) is 0 Å². The topological polar surface area (TPSA) is 48.6 Å². The maximum atomic E-state index is 11.7. The summed E-state index contributed by atoms with van der Waals surface area (Å²) >= 11 is 0. The van der Waals surface area contributed by atoms with Gasteiger partial charge in [-0.3, -0.25) is 4.79 Å². The number of rotatable bonds is 2. The lowest BCUT2D eigenvalue weighted by Crippen LogP contribution is -2.01. The van der Waals surface area contributed by atoms with Gasteiger partial charge >= 0.3 is 0 Å². The predicted octanol–water partition coefficient (Wildman–Crippen LogP) is 1.88. The molecule has 66 valence electrons. The second kappa shape index (κ2) is 2.94. The number of aryl methyl sites for hydroxylation is 1. The van der Waals surface area contributed by atoms with Crippen molar-refractivity contribution in [1.29, 1.82) is 0 Å². The van der Waals surface area contributed by atoms with E-state index in [2.05, 4.69) is 9.97 Å². The molecule has 0 fully saturated rings. The van der Waals surface area contributed by atoms with Gasteiger partial charge in [-0.2, -0.15) is 0 Å². The third-order valence-corrected chi connectivity index (χ3v) is 1.92. The van der Waals surface area contributed by atoms with Crippen LogP contribution in [0.4, 0.5) is 0 Å². The average Bonchev–Trinajstić information content (AvgIpc) is 2.72. The SMILES string of the molecule is Cc1ccc(C(=O)c2ccc[nH]2)[nH]1. The molecule has 0 atom stereocenters. The Balaban J connectivity index is 2.33. The zero-order chi connectivity index (χ0) is 9.26. The van der Waals surface area contributed by atoms with E-state index in [-0.39, 0.29) is 5.78 Å². The molecule has 2 rings (SSSR count). The summed E-state index contributed by atoms with van der Waals surface area (Å²) in [5.74, 6) is -0.00176. The van der Waals surface area contributed by atoms with Gasteiger partial charge in [0.15, 0.2) is 0 Å². The molecular formula is C10H10N2O. The summed E-state index contributed by atoms with van der Waals surface area (Å²) in [6.07, 6.45) is 1.74. The van der Waals surface area contributed by atoms with E-state index in [1.165, 1.54) is 0 Å². The Morgan fingerprint density at radius 2 is 2.08 bits per heavy atom. The van der Waals surface area contributed by atoms with E-state index >= 15 is 0 Å². The molecule has 3 heteroatoms. The summed E-state index contributed by atoms with van der Waals surface area (Å²) in [5, 5.41) is 0. The lowest BCUT2D eigenvalue weighted by molar-refractivity contribution is 0.103. The molecule has 0 bridgehead atoms. The minimum Gasteiger partial charge on any atom is -0.358 e. The molecule has 0 saturated heterocycles. The lowest BCUT2D eigenvalue weighted by Gasteiger charge is -1.93. The first-order valence-electron chi connectivity index (χ1n) is 4.11. The smallest absolute Gasteiger partial charge is 0.225 e. The normalized spacial score (nSPS) is 10.2. The third-order valence-electron chi connectivity index (χ3n) is 1.92. The van der Waals surface area contributed by atoms with Gasteiger partial charge in [-0.1, -0.05) is 0 Å². The van der Waals surface area contributed by atoms with Crippen molar-refractivity contribution in [3.8, 4) is 0 Å². The summed E-state index contributed by atoms with van der Waals surface area (Å²) in [6.45, 7) is 1.92. The van der Waals surface area contributed by atoms with Crippen LogP contribution in [-0.2, 0) is 0 Å². The van der Waals surface area contributed by atoms with Gasteiger partial charge < -0.3 is 9.97 Å². The molecule has 2 aromatic heterocycles. The Morgan fingerprint density at radius 3 is 2.62 bits per heavy atom. The molecule has 2 aromatic rings. The molecule has 0 aliphatic carbocycles. The molecule has 2 N–H and O–H groups in total. The zero-order valence-corrected chi connectivity index (χ0v) is 7.29. The summed E-state index contributed by atoms with van der Waals surface area (Å²) in [7, 11) is 0. The first-order chi connectivity index (χ1) is 6.27. The maximum absolute atomic E-state index is 11.7. The van der Waals surface area contributed by atoms with Crippen LogP contribution in [0, 0.1) is 6.92 Å². The fourth-order valence-corrected chi connectivity index (χ4v) is 1.25. The van der Waals surface area contributed by atoms with Crippen LogP contribution in [0.25, 0.3) is 0 Å². The van der Waals surface area contributed by atoms with E-state index in [0.29, 0.717) is 11.4 Å². The first-order valence-corrected chi connectivity index (χ1v) is 4.11. The molecule has 0 aliphatic rings. The highest BCUT2D eigenvalue weighted by atomic mass is 16.1. The van der Waals surface area contributed by atoms with Crippen molar-refractivity contribution in [3.05, 3.63) is 47.5 Å². The molecule has 0 radical (unpaired) electrons. The first kappa shape index (κ1) is 7.86. The summed E-state index contributed by atoms with van der Waals surface area (Å²) < 4.78 is 0. The quantitative estimate of drug-likeness (QED) is 0.671. The van der Waals surface area contributed by atoms with Crippen LogP contribution in [0.1, 0.15) is 21.9 Å².